The first-order valence-electron chi connectivity index (χ1n) is 7.45. The Bertz CT molecular complexity index is 986. The van der Waals surface area contributed by atoms with Crippen molar-refractivity contribution < 1.29 is 31.6 Å². The van der Waals surface area contributed by atoms with E-state index in [2.05, 4.69) is 4.72 Å². The lowest BCUT2D eigenvalue weighted by atomic mass is 10.1. The Labute approximate surface area is 153 Å². The second-order valence-corrected chi connectivity index (χ2v) is 7.26. The Balaban J connectivity index is 2.34. The van der Waals surface area contributed by atoms with Gasteiger partial charge in [0.15, 0.2) is 0 Å². The van der Waals surface area contributed by atoms with Crippen molar-refractivity contribution in [2.75, 3.05) is 4.72 Å². The van der Waals surface area contributed by atoms with Gasteiger partial charge in [0, 0.05) is 11.8 Å². The molecule has 0 atom stereocenters. The second kappa shape index (κ2) is 7.80. The van der Waals surface area contributed by atoms with Crippen LogP contribution in [0.2, 0.25) is 0 Å². The number of carbonyl (C=O) groups excluding carboxylic acids is 1. The number of aryl methyl sites for hydroxylation is 1. The van der Waals surface area contributed by atoms with Crippen LogP contribution < -0.4 is 10.2 Å². The molecule has 10 heteroatoms. The number of alkyl halides is 3. The molecule has 0 aliphatic carbocycles. The van der Waals surface area contributed by atoms with Crippen LogP contribution in [-0.4, -0.2) is 19.5 Å². The topological polar surface area (TPSA) is 95.5 Å². The van der Waals surface area contributed by atoms with E-state index in [9.17, 15) is 26.4 Å². The number of halogens is 3. The summed E-state index contributed by atoms with van der Waals surface area (Å²) < 4.78 is 65.8. The summed E-state index contributed by atoms with van der Waals surface area (Å²) in [6.07, 6.45) is -2.36. The molecule has 0 fully saturated rings. The third kappa shape index (κ3) is 5.56. The lowest BCUT2D eigenvalue weighted by molar-refractivity contribution is -0.137. The number of nitrogens with one attached hydrogen (secondary N) is 2. The summed E-state index contributed by atoms with van der Waals surface area (Å²) in [5, 5.41) is 8.43. The number of sulfonamides is 1. The van der Waals surface area contributed by atoms with Gasteiger partial charge in [-0.05, 0) is 54.5 Å². The zero-order chi connectivity index (χ0) is 20.2. The summed E-state index contributed by atoms with van der Waals surface area (Å²) in [5.41, 5.74) is 0.781. The largest absolute Gasteiger partial charge is 0.416 e. The van der Waals surface area contributed by atoms with Crippen LogP contribution in [0.25, 0.3) is 6.08 Å². The average molecular weight is 400 g/mol. The van der Waals surface area contributed by atoms with Gasteiger partial charge in [0.05, 0.1) is 10.5 Å². The van der Waals surface area contributed by atoms with E-state index in [0.717, 1.165) is 12.1 Å². The van der Waals surface area contributed by atoms with Gasteiger partial charge in [-0.25, -0.2) is 13.9 Å². The zero-order valence-electron chi connectivity index (χ0n) is 13.9. The number of rotatable bonds is 5. The summed E-state index contributed by atoms with van der Waals surface area (Å²) in [6, 6.07) is 8.30. The van der Waals surface area contributed by atoms with Gasteiger partial charge in [-0.2, -0.15) is 13.2 Å². The lowest BCUT2D eigenvalue weighted by Crippen LogP contribution is -2.15. The molecule has 0 saturated heterocycles. The molecule has 0 heterocycles. The highest BCUT2D eigenvalue weighted by Gasteiger charge is 2.31. The molecular formula is C17H15F3N2O4S. The van der Waals surface area contributed by atoms with Crippen LogP contribution in [0.15, 0.2) is 53.4 Å². The first-order valence-corrected chi connectivity index (χ1v) is 8.93. The molecule has 2 aromatic rings. The summed E-state index contributed by atoms with van der Waals surface area (Å²) >= 11 is 0. The maximum absolute atomic E-state index is 12.9. The van der Waals surface area contributed by atoms with Crippen LogP contribution in [0.3, 0.4) is 0 Å². The normalized spacial score (nSPS) is 12.2. The van der Waals surface area contributed by atoms with Crippen molar-refractivity contribution in [3.63, 3.8) is 0 Å². The monoisotopic (exact) mass is 400 g/mol. The van der Waals surface area contributed by atoms with E-state index in [0.29, 0.717) is 11.6 Å². The van der Waals surface area contributed by atoms with Crippen LogP contribution in [0.1, 0.15) is 16.7 Å². The number of hydroxylamine groups is 1. The van der Waals surface area contributed by atoms with Crippen LogP contribution in [-0.2, 0) is 21.0 Å². The van der Waals surface area contributed by atoms with Crippen molar-refractivity contribution in [1.82, 2.24) is 5.48 Å². The molecule has 3 N–H and O–H groups in total. The molecule has 0 bridgehead atoms. The number of benzene rings is 2. The van der Waals surface area contributed by atoms with Gasteiger partial charge in [-0.15, -0.1) is 0 Å². The van der Waals surface area contributed by atoms with Gasteiger partial charge in [-0.1, -0.05) is 12.1 Å². The van der Waals surface area contributed by atoms with Gasteiger partial charge in [0.25, 0.3) is 15.9 Å². The highest BCUT2D eigenvalue weighted by molar-refractivity contribution is 7.92. The van der Waals surface area contributed by atoms with E-state index < -0.39 is 27.7 Å². The fourth-order valence-electron chi connectivity index (χ4n) is 2.21. The van der Waals surface area contributed by atoms with Gasteiger partial charge in [0.1, 0.15) is 0 Å². The van der Waals surface area contributed by atoms with Crippen LogP contribution >= 0.6 is 0 Å². The predicted molar refractivity (Wildman–Crippen MR) is 92.4 cm³/mol. The fraction of sp³-hybridized carbons (Fsp3) is 0.118. The molecule has 6 nitrogen and oxygen atoms in total. The molecule has 0 unspecified atom stereocenters. The van der Waals surface area contributed by atoms with Crippen molar-refractivity contribution >= 4 is 27.7 Å². The first kappa shape index (κ1) is 20.5. The van der Waals surface area contributed by atoms with E-state index in [1.807, 2.05) is 0 Å². The molecule has 0 spiro atoms. The summed E-state index contributed by atoms with van der Waals surface area (Å²) in [7, 11) is -4.16. The van der Waals surface area contributed by atoms with Crippen molar-refractivity contribution in [3.05, 3.63) is 65.2 Å². The van der Waals surface area contributed by atoms with Gasteiger partial charge in [0.2, 0.25) is 0 Å². The molecular weight excluding hydrogens is 385 g/mol. The first-order chi connectivity index (χ1) is 12.5. The summed E-state index contributed by atoms with van der Waals surface area (Å²) in [6.45, 7) is 1.42. The summed E-state index contributed by atoms with van der Waals surface area (Å²) in [4.78, 5) is 10.8. The standard InChI is InChI=1S/C17H15F3N2O4S/c1-11-7-13(17(18,19)20)10-14(8-11)22-27(25,26)15-4-2-3-12(9-15)5-6-16(23)21-24/h2-10,22,24H,1H3,(H,21,23)/b6-5+. The molecule has 0 radical (unpaired) electrons. The Morgan fingerprint density at radius 3 is 2.48 bits per heavy atom. The lowest BCUT2D eigenvalue weighted by Gasteiger charge is -2.13. The van der Waals surface area contributed by atoms with E-state index >= 15 is 0 Å². The molecule has 1 amide bonds. The smallest absolute Gasteiger partial charge is 0.288 e. The average Bonchev–Trinajstić information content (AvgIpc) is 2.58. The van der Waals surface area contributed by atoms with E-state index in [-0.39, 0.29) is 16.1 Å². The van der Waals surface area contributed by atoms with Crippen molar-refractivity contribution in [2.45, 2.75) is 18.0 Å². The molecule has 2 aromatic carbocycles. The quantitative estimate of drug-likeness (QED) is 0.408. The third-order valence-corrected chi connectivity index (χ3v) is 4.74. The van der Waals surface area contributed by atoms with Gasteiger partial charge >= 0.3 is 6.18 Å². The molecule has 0 aliphatic rings. The predicted octanol–water partition coefficient (Wildman–Crippen LogP) is 3.33. The number of anilines is 1. The van der Waals surface area contributed by atoms with Crippen LogP contribution in [0, 0.1) is 6.92 Å². The minimum Gasteiger partial charge on any atom is -0.288 e. The number of hydrogen-bond acceptors (Lipinski definition) is 4. The molecule has 27 heavy (non-hydrogen) atoms. The van der Waals surface area contributed by atoms with E-state index in [4.69, 9.17) is 5.21 Å². The molecule has 0 aliphatic heterocycles. The molecule has 2 rings (SSSR count). The number of carbonyl (C=O) groups is 1. The van der Waals surface area contributed by atoms with Gasteiger partial charge < -0.3 is 0 Å². The zero-order valence-corrected chi connectivity index (χ0v) is 14.7. The second-order valence-electron chi connectivity index (χ2n) is 5.57. The molecule has 0 aromatic heterocycles. The third-order valence-electron chi connectivity index (χ3n) is 3.36. The van der Waals surface area contributed by atoms with Crippen molar-refractivity contribution in [3.8, 4) is 0 Å². The minimum absolute atomic E-state index is 0.205. The molecule has 144 valence electrons. The van der Waals surface area contributed by atoms with Crippen LogP contribution in [0.5, 0.6) is 0 Å². The summed E-state index contributed by atoms with van der Waals surface area (Å²) in [5.74, 6) is -0.805. The van der Waals surface area contributed by atoms with Crippen LogP contribution in [0.4, 0.5) is 18.9 Å². The Morgan fingerprint density at radius 1 is 1.15 bits per heavy atom. The number of hydrogen-bond donors (Lipinski definition) is 3. The Kier molecular flexibility index (Phi) is 5.91. The van der Waals surface area contributed by atoms with Crippen molar-refractivity contribution in [1.29, 1.82) is 0 Å². The fourth-order valence-corrected chi connectivity index (χ4v) is 3.31. The maximum Gasteiger partial charge on any atom is 0.416 e. The maximum atomic E-state index is 12.9. The van der Waals surface area contributed by atoms with Gasteiger partial charge in [-0.3, -0.25) is 14.7 Å². The van der Waals surface area contributed by atoms with E-state index in [1.165, 1.54) is 48.8 Å². The Hall–Kier alpha value is -2.85. The minimum atomic E-state index is -4.61. The van der Waals surface area contributed by atoms with Crippen molar-refractivity contribution in [2.24, 2.45) is 0 Å². The Morgan fingerprint density at radius 2 is 1.85 bits per heavy atom. The SMILES string of the molecule is Cc1cc(NS(=O)(=O)c2cccc(/C=C/C(=O)NO)c2)cc(C(F)(F)F)c1. The highest BCUT2D eigenvalue weighted by atomic mass is 32.2. The molecule has 0 saturated carbocycles. The van der Waals surface area contributed by atoms with E-state index in [1.54, 1.807) is 0 Å². The number of amides is 1. The highest BCUT2D eigenvalue weighted by Crippen LogP contribution is 2.32.